The molecule has 1 amide bonds. The van der Waals surface area contributed by atoms with Crippen LogP contribution < -0.4 is 21.5 Å². The summed E-state index contributed by atoms with van der Waals surface area (Å²) in [6, 6.07) is 8.95. The number of hydrogen-bond donors (Lipinski definition) is 10. The second kappa shape index (κ2) is 23.5. The monoisotopic (exact) mass is 1180 g/mol. The van der Waals surface area contributed by atoms with Crippen LogP contribution in [0.2, 0.25) is 0 Å². The molecule has 1 fully saturated rings. The number of allylic oxidation sites excluding steroid dienone is 6. The van der Waals surface area contributed by atoms with Gasteiger partial charge >= 0.3 is 29.2 Å². The third-order valence-electron chi connectivity index (χ3n) is 12.8. The number of rotatable bonds is 23. The van der Waals surface area contributed by atoms with E-state index >= 15 is 0 Å². The maximum absolute atomic E-state index is 12.8. The van der Waals surface area contributed by atoms with Crippen LogP contribution in [0, 0.1) is 0 Å². The van der Waals surface area contributed by atoms with E-state index in [-0.39, 0.29) is 34.2 Å². The Bertz CT molecular complexity index is 3450. The summed E-state index contributed by atoms with van der Waals surface area (Å²) in [6.07, 6.45) is 7.43. The highest BCUT2D eigenvalue weighted by Crippen LogP contribution is 2.66. The van der Waals surface area contributed by atoms with E-state index in [0.717, 1.165) is 34.5 Å². The molecular formula is C45H59N5O22P3S2+. The molecule has 3 aliphatic rings. The van der Waals surface area contributed by atoms with Crippen molar-refractivity contribution in [2.45, 2.75) is 105 Å². The third kappa shape index (κ3) is 14.7. The number of aromatic amines is 1. The quantitative estimate of drug-likeness (QED) is 0.0213. The molecule has 2 aromatic carbocycles. The maximum Gasteiger partial charge on any atom is 0.490 e. The minimum Gasteiger partial charge on any atom is -0.387 e. The number of aliphatic hydroxyl groups excluding tert-OH is 2. The van der Waals surface area contributed by atoms with E-state index in [1.54, 1.807) is 12.1 Å². The van der Waals surface area contributed by atoms with Gasteiger partial charge in [0, 0.05) is 66.6 Å². The SMILES string of the molecule is CCN1C(=CC=CC=CC2=[N+](CCCCCC(=O)NCC=Cc3cn([C@@H]4O[C@H](COP(=O)(O)OP(=O)(O)OP(=O)(O)O)[C@@H](O)[C@H]4O)c(=O)[nH]c3=O)c3ccc(S(=O)(=O)O)cc3C2(C)C)C(C)(C)c2cc(S(=O)(=O)O)ccc21. The van der Waals surface area contributed by atoms with Gasteiger partial charge in [0.1, 0.15) is 24.9 Å². The van der Waals surface area contributed by atoms with Crippen LogP contribution in [0.4, 0.5) is 11.4 Å². The maximum atomic E-state index is 12.8. The number of nitrogens with zero attached hydrogens (tertiary/aromatic N) is 3. The molecule has 0 saturated carbocycles. The van der Waals surface area contributed by atoms with E-state index in [9.17, 15) is 74.0 Å². The predicted molar refractivity (Wildman–Crippen MR) is 275 cm³/mol. The van der Waals surface area contributed by atoms with Gasteiger partial charge < -0.3 is 44.7 Å². The van der Waals surface area contributed by atoms with Crippen LogP contribution in [0.15, 0.2) is 104 Å². The molecule has 6 rings (SSSR count). The van der Waals surface area contributed by atoms with Gasteiger partial charge in [-0.05, 0) is 75.6 Å². The van der Waals surface area contributed by atoms with Gasteiger partial charge in [0.05, 0.1) is 27.4 Å². The number of phosphoric ester groups is 1. The molecule has 0 spiro atoms. The van der Waals surface area contributed by atoms with E-state index < -0.39 is 96.9 Å². The number of aliphatic hydroxyl groups is 2. The Morgan fingerprint density at radius 3 is 2.13 bits per heavy atom. The van der Waals surface area contributed by atoms with Crippen LogP contribution in [0.25, 0.3) is 6.08 Å². The lowest BCUT2D eigenvalue weighted by Crippen LogP contribution is -2.38. The number of ether oxygens (including phenoxy) is 1. The summed E-state index contributed by atoms with van der Waals surface area (Å²) in [5.41, 5.74) is 1.20. The number of fused-ring (bicyclic) bond motifs is 2. The molecule has 6 atom stereocenters. The van der Waals surface area contributed by atoms with Crippen molar-refractivity contribution in [3.05, 3.63) is 122 Å². The highest BCUT2D eigenvalue weighted by Gasteiger charge is 2.48. The second-order valence-electron chi connectivity index (χ2n) is 18.8. The first-order valence-corrected chi connectivity index (χ1v) is 30.8. The molecule has 32 heteroatoms. The molecular weight excluding hydrogens is 1120 g/mol. The van der Waals surface area contributed by atoms with E-state index in [1.165, 1.54) is 36.4 Å². The van der Waals surface area contributed by atoms with Crippen molar-refractivity contribution in [1.82, 2.24) is 14.9 Å². The number of hydrogen-bond acceptors (Lipinski definition) is 17. The second-order valence-corrected chi connectivity index (χ2v) is 26.1. The number of phosphoric acid groups is 3. The fourth-order valence-corrected chi connectivity index (χ4v) is 13.2. The van der Waals surface area contributed by atoms with Gasteiger partial charge in [-0.2, -0.15) is 30.0 Å². The Kier molecular flexibility index (Phi) is 18.7. The molecule has 1 saturated heterocycles. The van der Waals surface area contributed by atoms with Gasteiger partial charge in [0.15, 0.2) is 11.9 Å². The van der Waals surface area contributed by atoms with Crippen LogP contribution in [0.5, 0.6) is 0 Å². The molecule has 4 heterocycles. The fraction of sp³-hybridized carbons (Fsp3) is 0.422. The zero-order valence-corrected chi connectivity index (χ0v) is 46.2. The summed E-state index contributed by atoms with van der Waals surface area (Å²) in [5, 5.41) is 23.8. The van der Waals surface area contributed by atoms with E-state index in [1.807, 2.05) is 70.0 Å². The number of carbonyl (C=O) groups is 1. The first kappa shape index (κ1) is 61.3. The lowest BCUT2D eigenvalue weighted by molar-refractivity contribution is -0.438. The van der Waals surface area contributed by atoms with Crippen molar-refractivity contribution in [1.29, 1.82) is 0 Å². The van der Waals surface area contributed by atoms with Crippen LogP contribution in [0.1, 0.15) is 83.2 Å². The summed E-state index contributed by atoms with van der Waals surface area (Å²) in [4.78, 5) is 78.3. The highest BCUT2D eigenvalue weighted by atomic mass is 32.2. The zero-order chi connectivity index (χ0) is 57.3. The number of anilines is 1. The van der Waals surface area contributed by atoms with Crippen molar-refractivity contribution in [2.75, 3.05) is 31.1 Å². The molecule has 27 nitrogen and oxygen atoms in total. The first-order valence-electron chi connectivity index (χ1n) is 23.4. The molecule has 3 aliphatic heterocycles. The van der Waals surface area contributed by atoms with E-state index in [4.69, 9.17) is 14.5 Å². The lowest BCUT2D eigenvalue weighted by atomic mass is 9.81. The summed E-state index contributed by atoms with van der Waals surface area (Å²) >= 11 is 0. The van der Waals surface area contributed by atoms with Crippen molar-refractivity contribution in [3.8, 4) is 0 Å². The van der Waals surface area contributed by atoms with Crippen molar-refractivity contribution in [2.24, 2.45) is 0 Å². The third-order valence-corrected chi connectivity index (χ3v) is 18.3. The summed E-state index contributed by atoms with van der Waals surface area (Å²) < 4.78 is 122. The average Bonchev–Trinajstić information content (AvgIpc) is 3.81. The van der Waals surface area contributed by atoms with Crippen LogP contribution in [-0.4, -0.2) is 126 Å². The average molecular weight is 1180 g/mol. The lowest BCUT2D eigenvalue weighted by Gasteiger charge is -2.25. The smallest absolute Gasteiger partial charge is 0.387 e. The Morgan fingerprint density at radius 1 is 0.844 bits per heavy atom. The van der Waals surface area contributed by atoms with Crippen LogP contribution in [0.3, 0.4) is 0 Å². The highest BCUT2D eigenvalue weighted by molar-refractivity contribution is 7.86. The minimum atomic E-state index is -5.86. The predicted octanol–water partition coefficient (Wildman–Crippen LogP) is 3.57. The van der Waals surface area contributed by atoms with Crippen molar-refractivity contribution < 1.29 is 96.7 Å². The first-order chi connectivity index (χ1) is 35.6. The molecule has 77 heavy (non-hydrogen) atoms. The van der Waals surface area contributed by atoms with Crippen LogP contribution >= 0.6 is 23.5 Å². The molecule has 10 N–H and O–H groups in total. The van der Waals surface area contributed by atoms with Crippen molar-refractivity contribution in [3.63, 3.8) is 0 Å². The summed E-state index contributed by atoms with van der Waals surface area (Å²) in [6.45, 7) is 9.62. The number of benzene rings is 2. The van der Waals surface area contributed by atoms with Gasteiger partial charge in [0.25, 0.3) is 25.8 Å². The normalized spacial score (nSPS) is 22.6. The molecule has 0 aliphatic carbocycles. The Hall–Kier alpha value is -4.87. The van der Waals surface area contributed by atoms with Gasteiger partial charge in [-0.25, -0.2) is 18.5 Å². The molecule has 0 radical (unpaired) electrons. The number of H-pyrrole nitrogens is 1. The molecule has 2 unspecified atom stereocenters. The molecule has 1 aromatic heterocycles. The summed E-state index contributed by atoms with van der Waals surface area (Å²) in [5.74, 6) is -0.329. The number of likely N-dealkylation sites (N-methyl/N-ethyl adjacent to an activating group) is 1. The number of carbonyl (C=O) groups excluding carboxylic acids is 1. The Balaban J connectivity index is 1.06. The van der Waals surface area contributed by atoms with Crippen LogP contribution in [-0.2, 0) is 67.4 Å². The molecule has 422 valence electrons. The van der Waals surface area contributed by atoms with E-state index in [2.05, 4.69) is 27.9 Å². The van der Waals surface area contributed by atoms with Crippen molar-refractivity contribution >= 4 is 72.8 Å². The Labute approximate surface area is 441 Å². The van der Waals surface area contributed by atoms with E-state index in [0.29, 0.717) is 42.5 Å². The fourth-order valence-electron chi connectivity index (χ4n) is 9.12. The molecule has 3 aromatic rings. The largest absolute Gasteiger partial charge is 0.490 e. The number of aromatic nitrogens is 2. The summed E-state index contributed by atoms with van der Waals surface area (Å²) in [7, 11) is -26.1. The Morgan fingerprint density at radius 2 is 1.49 bits per heavy atom. The molecule has 0 bridgehead atoms. The zero-order valence-electron chi connectivity index (χ0n) is 41.8. The van der Waals surface area contributed by atoms with Gasteiger partial charge in [-0.3, -0.25) is 32.8 Å². The number of nitrogens with one attached hydrogen (secondary N) is 2. The standard InChI is InChI=1S/C45H58N5O22P3S2/c1-6-48-33-20-18-29(76(63,64)65)24-31(33)44(2,3)36(48)15-9-7-10-16-37-45(4,5)32-25-30(77(66,67)68)19-21-34(32)49(37)23-12-8-11-17-38(51)46-22-13-14-28-26-50(43(55)47-41(28)54)42-40(53)39(52)35(70-42)27-69-74(59,60)72-75(61,62)71-73(56,57)58/h7,9-10,13-16,18-21,24-26,35,39-40,42,52-53H,6,8,11-12,17,22-23,27H2,1-5H3,(H7-,46,47,51,54,55,56,57,58,59,60,61,62,63,64,65,66,67,68)/p+1/t35-,39-,40-,42-/m1/s1. The minimum absolute atomic E-state index is 0.0666. The van der Waals surface area contributed by atoms with Gasteiger partial charge in [-0.15, -0.1) is 0 Å². The number of unbranched alkanes of at least 4 members (excludes halogenated alkanes) is 2. The number of amides is 1. The topological polar surface area (TPSA) is 408 Å². The van der Waals surface area contributed by atoms with Gasteiger partial charge in [0.2, 0.25) is 11.6 Å². The van der Waals surface area contributed by atoms with Gasteiger partial charge in [-0.1, -0.05) is 44.2 Å².